The Balaban J connectivity index is 1.43. The first-order valence-corrected chi connectivity index (χ1v) is 8.96. The summed E-state index contributed by atoms with van der Waals surface area (Å²) in [5, 5.41) is 8.02. The van der Waals surface area contributed by atoms with E-state index in [9.17, 15) is 9.18 Å². The molecule has 1 saturated heterocycles. The van der Waals surface area contributed by atoms with E-state index in [1.54, 1.807) is 27.6 Å². The van der Waals surface area contributed by atoms with Gasteiger partial charge in [-0.05, 0) is 38.0 Å². The van der Waals surface area contributed by atoms with Gasteiger partial charge in [-0.1, -0.05) is 6.07 Å². The lowest BCUT2D eigenvalue weighted by Gasteiger charge is -2.32. The van der Waals surface area contributed by atoms with Crippen LogP contribution in [0.1, 0.15) is 29.2 Å². The topological polar surface area (TPSA) is 72.6 Å². The van der Waals surface area contributed by atoms with E-state index in [0.29, 0.717) is 31.2 Å². The van der Waals surface area contributed by atoms with Crippen LogP contribution in [0.15, 0.2) is 36.5 Å². The molecule has 1 aliphatic rings. The van der Waals surface area contributed by atoms with Crippen LogP contribution in [0.5, 0.6) is 5.75 Å². The van der Waals surface area contributed by atoms with Crippen molar-refractivity contribution in [3.05, 3.63) is 53.9 Å². The minimum atomic E-state index is -0.324. The Morgan fingerprint density at radius 3 is 3.07 bits per heavy atom. The van der Waals surface area contributed by atoms with E-state index in [4.69, 9.17) is 4.74 Å². The molecule has 0 radical (unpaired) electrons. The monoisotopic (exact) mass is 369 g/mol. The molecule has 7 nitrogen and oxygen atoms in total. The number of aryl methyl sites for hydroxylation is 1. The molecule has 1 aliphatic heterocycles. The largest absolute Gasteiger partial charge is 0.493 e. The van der Waals surface area contributed by atoms with Gasteiger partial charge in [0.1, 0.15) is 11.6 Å². The van der Waals surface area contributed by atoms with E-state index in [1.807, 2.05) is 13.0 Å². The molecule has 2 aromatic heterocycles. The van der Waals surface area contributed by atoms with E-state index in [1.165, 1.54) is 12.1 Å². The van der Waals surface area contributed by atoms with Crippen molar-refractivity contribution in [3.63, 3.8) is 0 Å². The lowest BCUT2D eigenvalue weighted by molar-refractivity contribution is 0.0620. The average Bonchev–Trinajstić information content (AvgIpc) is 3.09. The van der Waals surface area contributed by atoms with Crippen molar-refractivity contribution in [2.75, 3.05) is 19.7 Å². The number of halogens is 1. The van der Waals surface area contributed by atoms with Crippen LogP contribution >= 0.6 is 0 Å². The first-order chi connectivity index (χ1) is 13.1. The summed E-state index contributed by atoms with van der Waals surface area (Å²) in [6.07, 6.45) is 3.61. The Labute approximate surface area is 155 Å². The molecule has 140 valence electrons. The van der Waals surface area contributed by atoms with Gasteiger partial charge in [-0.25, -0.2) is 9.37 Å². The molecular weight excluding hydrogens is 349 g/mol. The van der Waals surface area contributed by atoms with E-state index >= 15 is 0 Å². The second-order valence-electron chi connectivity index (χ2n) is 6.79. The van der Waals surface area contributed by atoms with Gasteiger partial charge in [0.05, 0.1) is 6.61 Å². The number of hydrogen-bond donors (Lipinski definition) is 0. The van der Waals surface area contributed by atoms with Gasteiger partial charge in [0.25, 0.3) is 11.7 Å². The van der Waals surface area contributed by atoms with Gasteiger partial charge in [0.15, 0.2) is 0 Å². The quantitative estimate of drug-likeness (QED) is 0.707. The Bertz CT molecular complexity index is 974. The number of likely N-dealkylation sites (tertiary alicyclic amines) is 1. The Morgan fingerprint density at radius 2 is 2.22 bits per heavy atom. The Morgan fingerprint density at radius 1 is 1.33 bits per heavy atom. The molecule has 0 bridgehead atoms. The number of piperidine rings is 1. The molecule has 0 unspecified atom stereocenters. The second-order valence-corrected chi connectivity index (χ2v) is 6.79. The Hall–Kier alpha value is -3.03. The molecule has 1 amide bonds. The fraction of sp³-hybridized carbons (Fsp3) is 0.368. The number of fused-ring (bicyclic) bond motifs is 1. The normalized spacial score (nSPS) is 17.3. The van der Waals surface area contributed by atoms with Gasteiger partial charge < -0.3 is 9.64 Å². The Kier molecular flexibility index (Phi) is 4.70. The average molecular weight is 369 g/mol. The van der Waals surface area contributed by atoms with Gasteiger partial charge in [-0.2, -0.15) is 0 Å². The van der Waals surface area contributed by atoms with Crippen LogP contribution < -0.4 is 4.74 Å². The number of nitrogens with zero attached hydrogens (tertiary/aromatic N) is 5. The molecule has 3 heterocycles. The van der Waals surface area contributed by atoms with Crippen LogP contribution in [0.2, 0.25) is 0 Å². The third-order valence-corrected chi connectivity index (χ3v) is 4.70. The van der Waals surface area contributed by atoms with Gasteiger partial charge >= 0.3 is 0 Å². The van der Waals surface area contributed by atoms with Crippen molar-refractivity contribution in [2.45, 2.75) is 19.8 Å². The maximum Gasteiger partial charge on any atom is 0.292 e. The highest BCUT2D eigenvalue weighted by Gasteiger charge is 2.28. The van der Waals surface area contributed by atoms with Crippen LogP contribution in [0.3, 0.4) is 0 Å². The molecule has 0 spiro atoms. The van der Waals surface area contributed by atoms with Crippen molar-refractivity contribution in [1.29, 1.82) is 0 Å². The number of carbonyl (C=O) groups excluding carboxylic acids is 1. The van der Waals surface area contributed by atoms with Crippen LogP contribution in [0, 0.1) is 18.7 Å². The molecule has 4 rings (SSSR count). The SMILES string of the molecule is Cc1ccn2c(C(=O)N3CCC[C@@H](COc4cccc(F)c4)C3)nnc2n1. The summed E-state index contributed by atoms with van der Waals surface area (Å²) >= 11 is 0. The van der Waals surface area contributed by atoms with Crippen molar-refractivity contribution in [3.8, 4) is 5.75 Å². The van der Waals surface area contributed by atoms with Crippen molar-refractivity contribution < 1.29 is 13.9 Å². The van der Waals surface area contributed by atoms with Crippen molar-refractivity contribution >= 4 is 11.7 Å². The summed E-state index contributed by atoms with van der Waals surface area (Å²) in [5.74, 6) is 0.888. The minimum Gasteiger partial charge on any atom is -0.493 e. The second kappa shape index (κ2) is 7.30. The van der Waals surface area contributed by atoms with Gasteiger partial charge in [0.2, 0.25) is 5.82 Å². The number of benzene rings is 1. The number of ether oxygens (including phenoxy) is 1. The summed E-state index contributed by atoms with van der Waals surface area (Å²) in [5.41, 5.74) is 0.821. The lowest BCUT2D eigenvalue weighted by Crippen LogP contribution is -2.42. The minimum absolute atomic E-state index is 0.163. The first kappa shape index (κ1) is 17.4. The van der Waals surface area contributed by atoms with Gasteiger partial charge in [0, 0.05) is 37.0 Å². The highest BCUT2D eigenvalue weighted by molar-refractivity contribution is 5.91. The molecule has 8 heteroatoms. The smallest absolute Gasteiger partial charge is 0.292 e. The predicted molar refractivity (Wildman–Crippen MR) is 96.0 cm³/mol. The highest BCUT2D eigenvalue weighted by atomic mass is 19.1. The molecule has 0 aliphatic carbocycles. The van der Waals surface area contributed by atoms with Crippen LogP contribution in [0.4, 0.5) is 4.39 Å². The van der Waals surface area contributed by atoms with Crippen LogP contribution in [-0.2, 0) is 0 Å². The number of carbonyl (C=O) groups is 1. The zero-order valence-electron chi connectivity index (χ0n) is 15.0. The summed E-state index contributed by atoms with van der Waals surface area (Å²) in [7, 11) is 0. The van der Waals surface area contributed by atoms with Crippen molar-refractivity contribution in [2.24, 2.45) is 5.92 Å². The third-order valence-electron chi connectivity index (χ3n) is 4.70. The van der Waals surface area contributed by atoms with Gasteiger partial charge in [-0.15, -0.1) is 10.2 Å². The molecule has 1 atom stereocenters. The fourth-order valence-corrected chi connectivity index (χ4v) is 3.32. The standard InChI is InChI=1S/C19H20FN5O2/c1-13-7-9-25-17(22-23-19(25)21-13)18(26)24-8-3-4-14(11-24)12-27-16-6-2-5-15(20)10-16/h2,5-7,9-10,14H,3-4,8,11-12H2,1H3/t14-/m1/s1. The molecule has 3 aromatic rings. The van der Waals surface area contributed by atoms with E-state index in [2.05, 4.69) is 15.2 Å². The van der Waals surface area contributed by atoms with Crippen LogP contribution in [-0.4, -0.2) is 50.1 Å². The molecule has 27 heavy (non-hydrogen) atoms. The number of aromatic nitrogens is 4. The van der Waals surface area contributed by atoms with Gasteiger partial charge in [-0.3, -0.25) is 9.20 Å². The van der Waals surface area contributed by atoms with E-state index in [0.717, 1.165) is 18.5 Å². The van der Waals surface area contributed by atoms with Crippen molar-refractivity contribution in [1.82, 2.24) is 24.5 Å². The summed E-state index contributed by atoms with van der Waals surface area (Å²) in [6.45, 7) is 3.55. The summed E-state index contributed by atoms with van der Waals surface area (Å²) in [6, 6.07) is 7.91. The summed E-state index contributed by atoms with van der Waals surface area (Å²) < 4.78 is 20.6. The third kappa shape index (κ3) is 3.74. The predicted octanol–water partition coefficient (Wildman–Crippen LogP) is 2.50. The van der Waals surface area contributed by atoms with E-state index in [-0.39, 0.29) is 23.5 Å². The molecule has 1 aromatic carbocycles. The molecule has 0 N–H and O–H groups in total. The zero-order chi connectivity index (χ0) is 18.8. The highest BCUT2D eigenvalue weighted by Crippen LogP contribution is 2.21. The number of hydrogen-bond acceptors (Lipinski definition) is 5. The molecular formula is C19H20FN5O2. The summed E-state index contributed by atoms with van der Waals surface area (Å²) in [4.78, 5) is 19.0. The lowest BCUT2D eigenvalue weighted by atomic mass is 9.99. The molecule has 0 saturated carbocycles. The number of amides is 1. The van der Waals surface area contributed by atoms with E-state index < -0.39 is 0 Å². The maximum absolute atomic E-state index is 13.3. The van der Waals surface area contributed by atoms with Crippen LogP contribution in [0.25, 0.3) is 5.78 Å². The zero-order valence-corrected chi connectivity index (χ0v) is 15.0. The number of rotatable bonds is 4. The molecule has 1 fully saturated rings. The first-order valence-electron chi connectivity index (χ1n) is 8.96. The maximum atomic E-state index is 13.3. The fourth-order valence-electron chi connectivity index (χ4n) is 3.32.